The molecule has 0 N–H and O–H groups in total. The maximum atomic E-state index is 11.2. The Morgan fingerprint density at radius 1 is 1.50 bits per heavy atom. The number of hydrogen-bond donors (Lipinski definition) is 0. The highest BCUT2D eigenvalue weighted by molar-refractivity contribution is 5.82. The predicted molar refractivity (Wildman–Crippen MR) is 51.9 cm³/mol. The van der Waals surface area contributed by atoms with E-state index in [0.29, 0.717) is 6.61 Å². The first-order valence-corrected chi connectivity index (χ1v) is 5.05. The zero-order chi connectivity index (χ0) is 10.6. The van der Waals surface area contributed by atoms with Crippen molar-refractivity contribution in [2.45, 2.75) is 32.7 Å². The van der Waals surface area contributed by atoms with Gasteiger partial charge in [0.2, 0.25) is 0 Å². The minimum atomic E-state index is -0.236. The summed E-state index contributed by atoms with van der Waals surface area (Å²) in [6.45, 7) is 4.83. The number of ketones is 1. The molecule has 0 radical (unpaired) electrons. The molecule has 80 valence electrons. The normalized spacial score (nSPS) is 22.3. The van der Waals surface area contributed by atoms with E-state index in [9.17, 15) is 9.59 Å². The highest BCUT2D eigenvalue weighted by Crippen LogP contribution is 2.17. The Bertz CT molecular complexity index is 227. The van der Waals surface area contributed by atoms with Gasteiger partial charge in [-0.2, -0.15) is 0 Å². The van der Waals surface area contributed by atoms with Crippen molar-refractivity contribution < 1.29 is 14.3 Å². The van der Waals surface area contributed by atoms with Gasteiger partial charge in [0.1, 0.15) is 5.78 Å². The van der Waals surface area contributed by atoms with Gasteiger partial charge in [-0.1, -0.05) is 0 Å². The molecule has 0 spiro atoms. The standard InChI is InChI=1S/C10H17NO3/c1-3-14-10(13)7-11-6-4-5-9(11)8(2)12/h9H,3-7H2,1-2H3/t9-/m0/s1. The second kappa shape index (κ2) is 5.10. The van der Waals surface area contributed by atoms with Gasteiger partial charge in [0.15, 0.2) is 0 Å². The van der Waals surface area contributed by atoms with Crippen LogP contribution in [0, 0.1) is 0 Å². The first kappa shape index (κ1) is 11.2. The maximum Gasteiger partial charge on any atom is 0.320 e. The van der Waals surface area contributed by atoms with Crippen LogP contribution >= 0.6 is 0 Å². The summed E-state index contributed by atoms with van der Waals surface area (Å²) in [7, 11) is 0. The topological polar surface area (TPSA) is 46.6 Å². The molecule has 0 aromatic rings. The summed E-state index contributed by atoms with van der Waals surface area (Å²) >= 11 is 0. The van der Waals surface area contributed by atoms with Crippen molar-refractivity contribution in [3.05, 3.63) is 0 Å². The van der Waals surface area contributed by atoms with Crippen molar-refractivity contribution in [1.29, 1.82) is 0 Å². The van der Waals surface area contributed by atoms with Crippen LogP contribution in [-0.2, 0) is 14.3 Å². The lowest BCUT2D eigenvalue weighted by Crippen LogP contribution is -2.38. The number of carbonyl (C=O) groups excluding carboxylic acids is 2. The van der Waals surface area contributed by atoms with Gasteiger partial charge in [0.05, 0.1) is 19.2 Å². The lowest BCUT2D eigenvalue weighted by Gasteiger charge is -2.20. The van der Waals surface area contributed by atoms with Crippen LogP contribution < -0.4 is 0 Å². The van der Waals surface area contributed by atoms with E-state index in [0.717, 1.165) is 19.4 Å². The molecular weight excluding hydrogens is 182 g/mol. The molecule has 0 saturated carbocycles. The first-order valence-electron chi connectivity index (χ1n) is 5.05. The molecule has 1 saturated heterocycles. The third kappa shape index (κ3) is 2.80. The first-order chi connectivity index (χ1) is 6.65. The quantitative estimate of drug-likeness (QED) is 0.622. The van der Waals surface area contributed by atoms with Crippen molar-refractivity contribution >= 4 is 11.8 Å². The van der Waals surface area contributed by atoms with Crippen molar-refractivity contribution in [3.8, 4) is 0 Å². The van der Waals surface area contributed by atoms with Gasteiger partial charge in [-0.15, -0.1) is 0 Å². The molecule has 4 heteroatoms. The molecule has 0 bridgehead atoms. The van der Waals surface area contributed by atoms with E-state index in [1.165, 1.54) is 0 Å². The van der Waals surface area contributed by atoms with Gasteiger partial charge in [0, 0.05) is 0 Å². The zero-order valence-electron chi connectivity index (χ0n) is 8.78. The SMILES string of the molecule is CCOC(=O)CN1CCC[C@H]1C(C)=O. The molecule has 1 rings (SSSR count). The van der Waals surface area contributed by atoms with Crippen LogP contribution in [0.5, 0.6) is 0 Å². The summed E-state index contributed by atoms with van der Waals surface area (Å²) in [6.07, 6.45) is 1.86. The number of likely N-dealkylation sites (tertiary alicyclic amines) is 1. The minimum absolute atomic E-state index is 0.0700. The van der Waals surface area contributed by atoms with Crippen LogP contribution in [0.2, 0.25) is 0 Å². The Labute approximate surface area is 84.2 Å². The summed E-state index contributed by atoms with van der Waals surface area (Å²) in [5.41, 5.74) is 0. The van der Waals surface area contributed by atoms with Gasteiger partial charge in [0.25, 0.3) is 0 Å². The van der Waals surface area contributed by atoms with E-state index in [1.807, 2.05) is 4.90 Å². The average molecular weight is 199 g/mol. The minimum Gasteiger partial charge on any atom is -0.465 e. The van der Waals surface area contributed by atoms with Crippen LogP contribution in [0.1, 0.15) is 26.7 Å². The van der Waals surface area contributed by atoms with Crippen molar-refractivity contribution in [1.82, 2.24) is 4.90 Å². The lowest BCUT2D eigenvalue weighted by molar-refractivity contribution is -0.144. The predicted octanol–water partition coefficient (Wildman–Crippen LogP) is 0.603. The number of esters is 1. The molecular formula is C10H17NO3. The summed E-state index contributed by atoms with van der Waals surface area (Å²) in [5, 5.41) is 0. The van der Waals surface area contributed by atoms with Crippen LogP contribution in [0.15, 0.2) is 0 Å². The van der Waals surface area contributed by atoms with Crippen molar-refractivity contribution in [2.24, 2.45) is 0 Å². The fourth-order valence-corrected chi connectivity index (χ4v) is 1.85. The molecule has 0 amide bonds. The fraction of sp³-hybridized carbons (Fsp3) is 0.800. The van der Waals surface area contributed by atoms with E-state index in [-0.39, 0.29) is 24.3 Å². The molecule has 4 nitrogen and oxygen atoms in total. The number of nitrogens with zero attached hydrogens (tertiary/aromatic N) is 1. The number of rotatable bonds is 4. The zero-order valence-corrected chi connectivity index (χ0v) is 8.78. The highest BCUT2D eigenvalue weighted by Gasteiger charge is 2.29. The van der Waals surface area contributed by atoms with Crippen LogP contribution in [0.3, 0.4) is 0 Å². The van der Waals surface area contributed by atoms with Gasteiger partial charge in [-0.3, -0.25) is 14.5 Å². The van der Waals surface area contributed by atoms with Crippen LogP contribution in [-0.4, -0.2) is 42.4 Å². The number of hydrogen-bond acceptors (Lipinski definition) is 4. The Morgan fingerprint density at radius 2 is 2.21 bits per heavy atom. The fourth-order valence-electron chi connectivity index (χ4n) is 1.85. The monoisotopic (exact) mass is 199 g/mol. The van der Waals surface area contributed by atoms with E-state index < -0.39 is 0 Å². The van der Waals surface area contributed by atoms with E-state index in [4.69, 9.17) is 4.74 Å². The number of ether oxygens (including phenoxy) is 1. The van der Waals surface area contributed by atoms with Crippen LogP contribution in [0.4, 0.5) is 0 Å². The molecule has 0 aromatic carbocycles. The van der Waals surface area contributed by atoms with Gasteiger partial charge >= 0.3 is 5.97 Å². The molecule has 1 aliphatic rings. The van der Waals surface area contributed by atoms with E-state index in [2.05, 4.69) is 0 Å². The Balaban J connectivity index is 2.43. The molecule has 1 aliphatic heterocycles. The van der Waals surface area contributed by atoms with Crippen molar-refractivity contribution in [3.63, 3.8) is 0 Å². The third-order valence-corrected chi connectivity index (χ3v) is 2.47. The van der Waals surface area contributed by atoms with Gasteiger partial charge in [-0.05, 0) is 33.2 Å². The molecule has 0 aromatic heterocycles. The molecule has 0 aliphatic carbocycles. The average Bonchev–Trinajstić information content (AvgIpc) is 2.52. The second-order valence-corrected chi connectivity index (χ2v) is 3.54. The van der Waals surface area contributed by atoms with Gasteiger partial charge < -0.3 is 4.74 Å². The summed E-state index contributed by atoms with van der Waals surface area (Å²) < 4.78 is 4.84. The van der Waals surface area contributed by atoms with Gasteiger partial charge in [-0.25, -0.2) is 0 Å². The molecule has 0 unspecified atom stereocenters. The largest absolute Gasteiger partial charge is 0.465 e. The highest BCUT2D eigenvalue weighted by atomic mass is 16.5. The summed E-state index contributed by atoms with van der Waals surface area (Å²) in [6, 6.07) is -0.0700. The Kier molecular flexibility index (Phi) is 4.07. The van der Waals surface area contributed by atoms with E-state index >= 15 is 0 Å². The molecule has 1 atom stereocenters. The lowest BCUT2D eigenvalue weighted by atomic mass is 10.1. The molecule has 1 fully saturated rings. The third-order valence-electron chi connectivity index (χ3n) is 2.47. The Morgan fingerprint density at radius 3 is 2.79 bits per heavy atom. The summed E-state index contributed by atoms with van der Waals surface area (Å²) in [5.74, 6) is -0.0903. The maximum absolute atomic E-state index is 11.2. The molecule has 14 heavy (non-hydrogen) atoms. The number of carbonyl (C=O) groups is 2. The number of Topliss-reactive ketones (excluding diaryl/α,β-unsaturated/α-hetero) is 1. The molecule has 1 heterocycles. The summed E-state index contributed by atoms with van der Waals surface area (Å²) in [4.78, 5) is 24.3. The van der Waals surface area contributed by atoms with E-state index in [1.54, 1.807) is 13.8 Å². The Hall–Kier alpha value is -0.900. The smallest absolute Gasteiger partial charge is 0.320 e. The second-order valence-electron chi connectivity index (χ2n) is 3.54. The van der Waals surface area contributed by atoms with Crippen molar-refractivity contribution in [2.75, 3.05) is 19.7 Å². The van der Waals surface area contributed by atoms with Crippen LogP contribution in [0.25, 0.3) is 0 Å².